The van der Waals surface area contributed by atoms with Crippen LogP contribution in [0, 0.1) is 0 Å². The summed E-state index contributed by atoms with van der Waals surface area (Å²) in [6.45, 7) is 10.3. The molecule has 1 aliphatic heterocycles. The maximum atomic E-state index is 5.31. The molecule has 1 rings (SSSR count). The van der Waals surface area contributed by atoms with Crippen LogP contribution in [0.3, 0.4) is 0 Å². The second-order valence-corrected chi connectivity index (χ2v) is 3.84. The Balaban J connectivity index is 2.29. The Morgan fingerprint density at radius 3 is 2.71 bits per heavy atom. The van der Waals surface area contributed by atoms with Crippen molar-refractivity contribution in [3.05, 3.63) is 11.8 Å². The highest BCUT2D eigenvalue weighted by atomic mass is 16.5. The third-order valence-corrected chi connectivity index (χ3v) is 2.72. The Labute approximate surface area is 87.1 Å². The summed E-state index contributed by atoms with van der Waals surface area (Å²) in [7, 11) is 0. The van der Waals surface area contributed by atoms with Gasteiger partial charge in [-0.05, 0) is 26.5 Å². The molecular formula is C11H22N2O. The molecule has 0 bridgehead atoms. The Bertz CT molecular complexity index is 186. The molecule has 0 saturated carbocycles. The van der Waals surface area contributed by atoms with Crippen molar-refractivity contribution in [3.8, 4) is 0 Å². The van der Waals surface area contributed by atoms with E-state index in [2.05, 4.69) is 37.2 Å². The van der Waals surface area contributed by atoms with E-state index >= 15 is 0 Å². The molecule has 3 heteroatoms. The van der Waals surface area contributed by atoms with Gasteiger partial charge < -0.3 is 10.1 Å². The van der Waals surface area contributed by atoms with Crippen LogP contribution in [0.2, 0.25) is 0 Å². The standard InChI is InChI=1S/C11H22N2O/c1-4-10(2)9-12-11(3)13-5-7-14-8-6-13/h9,11-12H,4-8H2,1-3H3/b10-9-. The highest BCUT2D eigenvalue weighted by Crippen LogP contribution is 2.02. The van der Waals surface area contributed by atoms with E-state index in [1.165, 1.54) is 5.57 Å². The lowest BCUT2D eigenvalue weighted by Gasteiger charge is -2.32. The fraction of sp³-hybridized carbons (Fsp3) is 0.818. The predicted molar refractivity (Wildman–Crippen MR) is 59.0 cm³/mol. The zero-order valence-corrected chi connectivity index (χ0v) is 9.55. The average molecular weight is 198 g/mol. The molecule has 1 aliphatic rings. The van der Waals surface area contributed by atoms with Crippen molar-refractivity contribution in [3.63, 3.8) is 0 Å². The molecule has 3 nitrogen and oxygen atoms in total. The summed E-state index contributed by atoms with van der Waals surface area (Å²) in [5.74, 6) is 0. The minimum Gasteiger partial charge on any atom is -0.379 e. The topological polar surface area (TPSA) is 24.5 Å². The van der Waals surface area contributed by atoms with Crippen molar-refractivity contribution in [1.29, 1.82) is 0 Å². The SMILES string of the molecule is CC/C(C)=C\NC(C)N1CCOCC1. The Hall–Kier alpha value is -0.540. The number of ether oxygens (including phenoxy) is 1. The molecule has 0 aromatic rings. The van der Waals surface area contributed by atoms with Crippen LogP contribution in [0.5, 0.6) is 0 Å². The zero-order valence-electron chi connectivity index (χ0n) is 9.55. The fourth-order valence-corrected chi connectivity index (χ4v) is 1.44. The van der Waals surface area contributed by atoms with Gasteiger partial charge in [-0.3, -0.25) is 4.90 Å². The molecule has 0 spiro atoms. The third kappa shape index (κ3) is 3.68. The van der Waals surface area contributed by atoms with Crippen LogP contribution in [0.15, 0.2) is 11.8 Å². The molecule has 0 aliphatic carbocycles. The normalized spacial score (nSPS) is 22.1. The largest absolute Gasteiger partial charge is 0.379 e. The van der Waals surface area contributed by atoms with Gasteiger partial charge in [-0.25, -0.2) is 0 Å². The van der Waals surface area contributed by atoms with E-state index in [4.69, 9.17) is 4.74 Å². The summed E-state index contributed by atoms with van der Waals surface area (Å²) >= 11 is 0. The highest BCUT2D eigenvalue weighted by Gasteiger charge is 2.15. The quantitative estimate of drug-likeness (QED) is 0.742. The first-order chi connectivity index (χ1) is 6.74. The minimum absolute atomic E-state index is 0.417. The van der Waals surface area contributed by atoms with Crippen LogP contribution in [0.1, 0.15) is 27.2 Å². The van der Waals surface area contributed by atoms with E-state index in [1.54, 1.807) is 0 Å². The van der Waals surface area contributed by atoms with E-state index in [0.717, 1.165) is 32.7 Å². The predicted octanol–water partition coefficient (Wildman–Crippen LogP) is 1.57. The van der Waals surface area contributed by atoms with Gasteiger partial charge in [-0.15, -0.1) is 0 Å². The molecular weight excluding hydrogens is 176 g/mol. The molecule has 1 N–H and O–H groups in total. The fourth-order valence-electron chi connectivity index (χ4n) is 1.44. The van der Waals surface area contributed by atoms with Crippen molar-refractivity contribution in [1.82, 2.24) is 10.2 Å². The van der Waals surface area contributed by atoms with Gasteiger partial charge in [0.1, 0.15) is 0 Å². The third-order valence-electron chi connectivity index (χ3n) is 2.72. The number of hydrogen-bond acceptors (Lipinski definition) is 3. The summed E-state index contributed by atoms with van der Waals surface area (Å²) in [5, 5.41) is 3.41. The van der Waals surface area contributed by atoms with Crippen LogP contribution in [-0.2, 0) is 4.74 Å². The van der Waals surface area contributed by atoms with E-state index in [1.807, 2.05) is 0 Å². The number of rotatable bonds is 4. The first kappa shape index (κ1) is 11.5. The van der Waals surface area contributed by atoms with Crippen molar-refractivity contribution >= 4 is 0 Å². The number of hydrogen-bond donors (Lipinski definition) is 1. The molecule has 1 unspecified atom stereocenters. The molecule has 82 valence electrons. The first-order valence-electron chi connectivity index (χ1n) is 5.47. The lowest BCUT2D eigenvalue weighted by atomic mass is 10.2. The maximum Gasteiger partial charge on any atom is 0.0760 e. The van der Waals surface area contributed by atoms with E-state index in [0.29, 0.717) is 6.17 Å². The van der Waals surface area contributed by atoms with E-state index in [9.17, 15) is 0 Å². The molecule has 14 heavy (non-hydrogen) atoms. The number of morpholine rings is 1. The van der Waals surface area contributed by atoms with Crippen LogP contribution in [-0.4, -0.2) is 37.4 Å². The molecule has 0 amide bonds. The number of nitrogens with zero attached hydrogens (tertiary/aromatic N) is 1. The molecule has 0 radical (unpaired) electrons. The summed E-state index contributed by atoms with van der Waals surface area (Å²) in [4.78, 5) is 2.41. The van der Waals surface area contributed by atoms with Gasteiger partial charge in [0.2, 0.25) is 0 Å². The average Bonchev–Trinajstić information content (AvgIpc) is 2.26. The van der Waals surface area contributed by atoms with Gasteiger partial charge in [0.05, 0.1) is 19.4 Å². The highest BCUT2D eigenvalue weighted by molar-refractivity contribution is 4.95. The second-order valence-electron chi connectivity index (χ2n) is 3.84. The lowest BCUT2D eigenvalue weighted by molar-refractivity contribution is 0.0161. The van der Waals surface area contributed by atoms with Gasteiger partial charge in [0.25, 0.3) is 0 Å². The second kappa shape index (κ2) is 6.04. The summed E-state index contributed by atoms with van der Waals surface area (Å²) < 4.78 is 5.31. The smallest absolute Gasteiger partial charge is 0.0760 e. The monoisotopic (exact) mass is 198 g/mol. The maximum absolute atomic E-state index is 5.31. The van der Waals surface area contributed by atoms with Crippen molar-refractivity contribution in [2.24, 2.45) is 0 Å². The van der Waals surface area contributed by atoms with E-state index in [-0.39, 0.29) is 0 Å². The Morgan fingerprint density at radius 1 is 1.50 bits per heavy atom. The molecule has 0 aromatic carbocycles. The van der Waals surface area contributed by atoms with Gasteiger partial charge in [-0.1, -0.05) is 12.5 Å². The first-order valence-corrected chi connectivity index (χ1v) is 5.47. The van der Waals surface area contributed by atoms with Crippen LogP contribution >= 0.6 is 0 Å². The van der Waals surface area contributed by atoms with Crippen LogP contribution < -0.4 is 5.32 Å². The molecule has 1 fully saturated rings. The van der Waals surface area contributed by atoms with Crippen molar-refractivity contribution in [2.45, 2.75) is 33.4 Å². The molecule has 1 atom stereocenters. The summed E-state index contributed by atoms with van der Waals surface area (Å²) in [5.41, 5.74) is 1.39. The summed E-state index contributed by atoms with van der Waals surface area (Å²) in [6, 6.07) is 0. The van der Waals surface area contributed by atoms with Crippen LogP contribution in [0.25, 0.3) is 0 Å². The minimum atomic E-state index is 0.417. The zero-order chi connectivity index (χ0) is 10.4. The lowest BCUT2D eigenvalue weighted by Crippen LogP contribution is -2.47. The summed E-state index contributed by atoms with van der Waals surface area (Å²) in [6.07, 6.45) is 3.66. The van der Waals surface area contributed by atoms with E-state index < -0.39 is 0 Å². The van der Waals surface area contributed by atoms with Crippen molar-refractivity contribution < 1.29 is 4.74 Å². The van der Waals surface area contributed by atoms with Gasteiger partial charge >= 0.3 is 0 Å². The molecule has 1 heterocycles. The van der Waals surface area contributed by atoms with Crippen molar-refractivity contribution in [2.75, 3.05) is 26.3 Å². The van der Waals surface area contributed by atoms with Gasteiger partial charge in [-0.2, -0.15) is 0 Å². The van der Waals surface area contributed by atoms with Crippen LogP contribution in [0.4, 0.5) is 0 Å². The molecule has 0 aromatic heterocycles. The number of allylic oxidation sites excluding steroid dienone is 1. The van der Waals surface area contributed by atoms with Gasteiger partial charge in [0, 0.05) is 13.1 Å². The molecule has 1 saturated heterocycles. The van der Waals surface area contributed by atoms with Gasteiger partial charge in [0.15, 0.2) is 0 Å². The Kier molecular flexibility index (Phi) is 4.98. The Morgan fingerprint density at radius 2 is 2.14 bits per heavy atom. The number of nitrogens with one attached hydrogen (secondary N) is 1.